The van der Waals surface area contributed by atoms with Crippen molar-refractivity contribution in [3.8, 4) is 11.1 Å². The maximum atomic E-state index is 12.9. The van der Waals surface area contributed by atoms with Crippen LogP contribution in [0.3, 0.4) is 0 Å². The molecule has 36 heavy (non-hydrogen) atoms. The average Bonchev–Trinajstić information content (AvgIpc) is 3.16. The Morgan fingerprint density at radius 1 is 1.03 bits per heavy atom. The summed E-state index contributed by atoms with van der Waals surface area (Å²) in [7, 11) is -1.26. The van der Waals surface area contributed by atoms with Crippen molar-refractivity contribution in [1.82, 2.24) is 5.32 Å². The van der Waals surface area contributed by atoms with Gasteiger partial charge in [-0.05, 0) is 34.2 Å². The number of benzene rings is 2. The van der Waals surface area contributed by atoms with Gasteiger partial charge in [-0.25, -0.2) is 9.59 Å². The van der Waals surface area contributed by atoms with Crippen LogP contribution in [0.5, 0.6) is 0 Å². The first-order valence-corrected chi connectivity index (χ1v) is 16.4. The Morgan fingerprint density at radius 3 is 2.14 bits per heavy atom. The van der Waals surface area contributed by atoms with Crippen molar-refractivity contribution in [3.63, 3.8) is 0 Å². The van der Waals surface area contributed by atoms with Gasteiger partial charge >= 0.3 is 12.1 Å². The van der Waals surface area contributed by atoms with E-state index in [1.165, 1.54) is 0 Å². The summed E-state index contributed by atoms with van der Waals surface area (Å²) < 4.78 is 16.8. The molecule has 2 aromatic carbocycles. The Labute approximate surface area is 215 Å². The highest BCUT2D eigenvalue weighted by molar-refractivity contribution is 6.76. The van der Waals surface area contributed by atoms with E-state index in [-0.39, 0.29) is 25.2 Å². The second kappa shape index (κ2) is 12.5. The molecule has 3 rings (SSSR count). The molecule has 0 aliphatic heterocycles. The minimum atomic E-state index is -1.26. The first-order chi connectivity index (χ1) is 17.1. The number of amides is 1. The summed E-state index contributed by atoms with van der Waals surface area (Å²) in [5.41, 5.74) is 4.53. The Bertz CT molecular complexity index is 991. The van der Waals surface area contributed by atoms with Crippen molar-refractivity contribution in [1.29, 1.82) is 0 Å². The van der Waals surface area contributed by atoms with Crippen LogP contribution in [-0.4, -0.2) is 57.4 Å². The number of nitrogens with one attached hydrogen (secondary N) is 1. The van der Waals surface area contributed by atoms with Gasteiger partial charge in [0.05, 0.1) is 6.04 Å². The number of rotatable bonds is 13. The molecule has 0 spiro atoms. The number of carbonyl (C=O) groups excluding carboxylic acids is 1. The van der Waals surface area contributed by atoms with Crippen molar-refractivity contribution in [2.24, 2.45) is 5.92 Å². The average molecular weight is 514 g/mol. The summed E-state index contributed by atoms with van der Waals surface area (Å²) in [4.78, 5) is 24.9. The van der Waals surface area contributed by atoms with Gasteiger partial charge in [0.25, 0.3) is 0 Å². The van der Waals surface area contributed by atoms with Crippen LogP contribution in [-0.2, 0) is 19.0 Å². The van der Waals surface area contributed by atoms with Crippen molar-refractivity contribution >= 4 is 20.1 Å². The number of fused-ring (bicyclic) bond motifs is 3. The van der Waals surface area contributed by atoms with E-state index in [1.807, 2.05) is 38.1 Å². The van der Waals surface area contributed by atoms with Crippen LogP contribution in [0.15, 0.2) is 48.5 Å². The SMILES string of the molecule is CC[C@H](C)[C@H](NC(=O)OCC1c2ccccc2-c2ccccc21)[C@@H](OCOCC[Si](C)(C)C)C(=O)O. The summed E-state index contributed by atoms with van der Waals surface area (Å²) in [6, 6.07) is 16.4. The molecule has 0 bridgehead atoms. The highest BCUT2D eigenvalue weighted by atomic mass is 28.3. The zero-order chi connectivity index (χ0) is 26.3. The molecule has 3 atom stereocenters. The van der Waals surface area contributed by atoms with E-state index < -0.39 is 32.3 Å². The van der Waals surface area contributed by atoms with Crippen LogP contribution in [0.4, 0.5) is 4.79 Å². The van der Waals surface area contributed by atoms with E-state index in [9.17, 15) is 14.7 Å². The third kappa shape index (κ3) is 7.18. The molecule has 1 amide bonds. The molecule has 1 aliphatic carbocycles. The summed E-state index contributed by atoms with van der Waals surface area (Å²) in [5, 5.41) is 12.6. The zero-order valence-electron chi connectivity index (χ0n) is 22.0. The molecule has 0 saturated carbocycles. The molecule has 1 aliphatic rings. The zero-order valence-corrected chi connectivity index (χ0v) is 23.0. The lowest BCUT2D eigenvalue weighted by Gasteiger charge is -2.29. The van der Waals surface area contributed by atoms with Crippen molar-refractivity contribution in [3.05, 3.63) is 59.7 Å². The summed E-state index contributed by atoms with van der Waals surface area (Å²) in [6.07, 6.45) is -1.23. The number of hydrogen-bond donors (Lipinski definition) is 2. The smallest absolute Gasteiger partial charge is 0.407 e. The van der Waals surface area contributed by atoms with Gasteiger partial charge in [0.2, 0.25) is 0 Å². The quantitative estimate of drug-likeness (QED) is 0.202. The first-order valence-electron chi connectivity index (χ1n) is 12.7. The lowest BCUT2D eigenvalue weighted by Crippen LogP contribution is -2.52. The largest absolute Gasteiger partial charge is 0.479 e. The molecule has 2 N–H and O–H groups in total. The maximum absolute atomic E-state index is 12.9. The summed E-state index contributed by atoms with van der Waals surface area (Å²) >= 11 is 0. The minimum Gasteiger partial charge on any atom is -0.479 e. The Hall–Kier alpha value is -2.68. The molecule has 196 valence electrons. The van der Waals surface area contributed by atoms with Crippen molar-refractivity contribution in [2.75, 3.05) is 20.0 Å². The third-order valence-electron chi connectivity index (χ3n) is 6.78. The van der Waals surface area contributed by atoms with Gasteiger partial charge in [0.1, 0.15) is 13.4 Å². The molecular weight excluding hydrogens is 474 g/mol. The fraction of sp³-hybridized carbons (Fsp3) is 0.500. The topological polar surface area (TPSA) is 94.1 Å². The number of hydrogen-bond acceptors (Lipinski definition) is 5. The first kappa shape index (κ1) is 27.9. The lowest BCUT2D eigenvalue weighted by atomic mass is 9.94. The van der Waals surface area contributed by atoms with Gasteiger partial charge in [-0.15, -0.1) is 0 Å². The molecule has 0 saturated heterocycles. The molecule has 0 fully saturated rings. The van der Waals surface area contributed by atoms with Crippen molar-refractivity contribution < 1.29 is 28.9 Å². The molecule has 0 unspecified atom stereocenters. The molecule has 0 radical (unpaired) electrons. The molecule has 8 heteroatoms. The second-order valence-electron chi connectivity index (χ2n) is 10.6. The highest BCUT2D eigenvalue weighted by Gasteiger charge is 2.35. The monoisotopic (exact) mass is 513 g/mol. The number of carboxylic acid groups (broad SMARTS) is 1. The third-order valence-corrected chi connectivity index (χ3v) is 8.49. The molecule has 2 aromatic rings. The normalized spacial score (nSPS) is 15.5. The number of carbonyl (C=O) groups is 2. The second-order valence-corrected chi connectivity index (χ2v) is 16.3. The predicted octanol–water partition coefficient (Wildman–Crippen LogP) is 5.72. The van der Waals surface area contributed by atoms with Crippen LogP contribution in [0.25, 0.3) is 11.1 Å². The maximum Gasteiger partial charge on any atom is 0.407 e. The van der Waals surface area contributed by atoms with Gasteiger partial charge < -0.3 is 24.6 Å². The van der Waals surface area contributed by atoms with Gasteiger partial charge in [0.15, 0.2) is 6.10 Å². The number of ether oxygens (including phenoxy) is 3. The Balaban J connectivity index is 1.63. The Morgan fingerprint density at radius 2 is 1.61 bits per heavy atom. The van der Waals surface area contributed by atoms with Crippen LogP contribution >= 0.6 is 0 Å². The van der Waals surface area contributed by atoms with Gasteiger partial charge in [0, 0.05) is 20.6 Å². The fourth-order valence-electron chi connectivity index (χ4n) is 4.43. The van der Waals surface area contributed by atoms with Crippen LogP contribution in [0.2, 0.25) is 25.7 Å². The Kier molecular flexibility index (Phi) is 9.70. The number of carboxylic acids is 1. The van der Waals surface area contributed by atoms with E-state index >= 15 is 0 Å². The van der Waals surface area contributed by atoms with Crippen LogP contribution in [0.1, 0.15) is 37.3 Å². The minimum absolute atomic E-state index is 0.0727. The fourth-order valence-corrected chi connectivity index (χ4v) is 5.19. The molecule has 0 aromatic heterocycles. The van der Waals surface area contributed by atoms with Crippen LogP contribution < -0.4 is 5.32 Å². The molecule has 0 heterocycles. The van der Waals surface area contributed by atoms with Gasteiger partial charge in [-0.2, -0.15) is 0 Å². The molecule has 7 nitrogen and oxygen atoms in total. The molecular formula is C28H39NO6Si. The summed E-state index contributed by atoms with van der Waals surface area (Å²) in [5.74, 6) is -1.36. The van der Waals surface area contributed by atoms with E-state index in [0.29, 0.717) is 13.0 Å². The van der Waals surface area contributed by atoms with Crippen LogP contribution in [0, 0.1) is 5.92 Å². The predicted molar refractivity (Wildman–Crippen MR) is 143 cm³/mol. The lowest BCUT2D eigenvalue weighted by molar-refractivity contribution is -0.165. The van der Waals surface area contributed by atoms with E-state index in [2.05, 4.69) is 49.2 Å². The summed E-state index contributed by atoms with van der Waals surface area (Å²) in [6.45, 7) is 11.1. The van der Waals surface area contributed by atoms with E-state index in [4.69, 9.17) is 14.2 Å². The number of alkyl carbamates (subject to hydrolysis) is 1. The number of aliphatic carboxylic acids is 1. The van der Waals surface area contributed by atoms with E-state index in [0.717, 1.165) is 28.3 Å². The van der Waals surface area contributed by atoms with Gasteiger partial charge in [-0.1, -0.05) is 88.4 Å². The highest BCUT2D eigenvalue weighted by Crippen LogP contribution is 2.44. The van der Waals surface area contributed by atoms with Crippen molar-refractivity contribution in [2.45, 2.75) is 64.0 Å². The van der Waals surface area contributed by atoms with Gasteiger partial charge in [-0.3, -0.25) is 0 Å². The van der Waals surface area contributed by atoms with E-state index in [1.54, 1.807) is 0 Å². The standard InChI is InChI=1S/C28H39NO6Si/c1-6-19(2)25(26(27(30)31)35-18-33-15-16-36(3,4)5)29-28(32)34-17-24-22-13-9-7-11-20(22)21-12-8-10-14-23(21)24/h7-14,19,24-26H,6,15-18H2,1-5H3,(H,29,32)(H,30,31)/t19-,25-,26+/m0/s1.